The van der Waals surface area contributed by atoms with Gasteiger partial charge >= 0.3 is 0 Å². The lowest BCUT2D eigenvalue weighted by atomic mass is 9.91. The number of aliphatic hydroxyl groups is 1. The molecule has 8 heteroatoms. The first-order valence-corrected chi connectivity index (χ1v) is 15.5. The second-order valence-electron chi connectivity index (χ2n) is 12.9. The third kappa shape index (κ3) is 9.67. The highest BCUT2D eigenvalue weighted by Gasteiger charge is 2.28. The van der Waals surface area contributed by atoms with Crippen molar-refractivity contribution in [1.29, 1.82) is 0 Å². The fraction of sp³-hybridized carbons (Fsp3) is 0.417. The number of aliphatic hydroxyl groups excluding tert-OH is 1. The smallest absolute Gasteiger partial charge is 0.251 e. The molecular weight excluding hydrogens is 554 g/mol. The number of para-hydroxylation sites is 1. The lowest BCUT2D eigenvalue weighted by Gasteiger charge is -2.27. The van der Waals surface area contributed by atoms with E-state index in [2.05, 4.69) is 31.4 Å². The molecular formula is C36H45N3O5. The van der Waals surface area contributed by atoms with Crippen molar-refractivity contribution in [2.75, 3.05) is 18.0 Å². The van der Waals surface area contributed by atoms with E-state index in [0.29, 0.717) is 48.7 Å². The first-order chi connectivity index (χ1) is 21.0. The van der Waals surface area contributed by atoms with Crippen molar-refractivity contribution in [1.82, 2.24) is 10.6 Å². The van der Waals surface area contributed by atoms with Crippen molar-refractivity contribution in [3.05, 3.63) is 90.0 Å². The molecule has 8 nitrogen and oxygen atoms in total. The molecule has 0 unspecified atom stereocenters. The highest BCUT2D eigenvalue weighted by molar-refractivity contribution is 5.99. The lowest BCUT2D eigenvalue weighted by Crippen LogP contribution is -2.46. The van der Waals surface area contributed by atoms with E-state index in [-0.39, 0.29) is 23.7 Å². The molecule has 44 heavy (non-hydrogen) atoms. The Morgan fingerprint density at radius 3 is 2.30 bits per heavy atom. The zero-order chi connectivity index (χ0) is 31.7. The van der Waals surface area contributed by atoms with E-state index in [0.717, 1.165) is 18.4 Å². The topological polar surface area (TPSA) is 108 Å². The molecule has 0 aliphatic carbocycles. The van der Waals surface area contributed by atoms with Crippen LogP contribution in [0.3, 0.4) is 0 Å². The van der Waals surface area contributed by atoms with Gasteiger partial charge in [0.15, 0.2) is 0 Å². The fourth-order valence-corrected chi connectivity index (χ4v) is 5.25. The number of hydrogen-bond donors (Lipinski definition) is 3. The molecule has 1 aliphatic rings. The summed E-state index contributed by atoms with van der Waals surface area (Å²) in [7, 11) is 0. The van der Waals surface area contributed by atoms with E-state index in [4.69, 9.17) is 4.74 Å². The molecule has 0 aromatic heterocycles. The number of amides is 3. The zero-order valence-electron chi connectivity index (χ0n) is 26.2. The molecule has 3 aromatic rings. The molecule has 1 saturated heterocycles. The van der Waals surface area contributed by atoms with Gasteiger partial charge in [-0.3, -0.25) is 14.4 Å². The Kier molecular flexibility index (Phi) is 11.2. The lowest BCUT2D eigenvalue weighted by molar-refractivity contribution is -0.125. The van der Waals surface area contributed by atoms with Crippen LogP contribution < -0.4 is 20.3 Å². The highest BCUT2D eigenvalue weighted by Crippen LogP contribution is 2.31. The summed E-state index contributed by atoms with van der Waals surface area (Å²) in [5.74, 6) is 0.0634. The van der Waals surface area contributed by atoms with Gasteiger partial charge in [-0.25, -0.2) is 0 Å². The van der Waals surface area contributed by atoms with E-state index in [9.17, 15) is 19.5 Å². The number of rotatable bonds is 13. The third-order valence-corrected chi connectivity index (χ3v) is 7.81. The number of nitrogens with zero attached hydrogens (tertiary/aromatic N) is 1. The standard InChI is InChI=1S/C36H45N3O5/c1-25(34(42)37-18-17-36(2,3)4)20-32(40)31(21-26-12-7-5-8-13-26)38-35(43)27-22-28(39-19-11-16-33(39)41)24-30(23-27)44-29-14-9-6-10-15-29/h5-10,12-15,22-25,31-32,40H,11,16-21H2,1-4H3,(H,37,42)(H,38,43)/t25-,31+,32+/m1/s1. The monoisotopic (exact) mass is 599 g/mol. The van der Waals surface area contributed by atoms with Gasteiger partial charge in [-0.15, -0.1) is 0 Å². The molecule has 3 aromatic carbocycles. The van der Waals surface area contributed by atoms with Crippen LogP contribution in [0.25, 0.3) is 0 Å². The summed E-state index contributed by atoms with van der Waals surface area (Å²) in [5, 5.41) is 17.4. The molecule has 3 N–H and O–H groups in total. The van der Waals surface area contributed by atoms with Crippen molar-refractivity contribution in [2.45, 2.75) is 71.9 Å². The maximum atomic E-state index is 13.8. The van der Waals surface area contributed by atoms with Gasteiger partial charge in [0.05, 0.1) is 12.1 Å². The van der Waals surface area contributed by atoms with E-state index in [1.807, 2.05) is 60.7 Å². The zero-order valence-corrected chi connectivity index (χ0v) is 26.2. The summed E-state index contributed by atoms with van der Waals surface area (Å²) in [6.07, 6.45) is 1.63. The molecule has 234 valence electrons. The number of benzene rings is 3. The second kappa shape index (κ2) is 15.0. The average Bonchev–Trinajstić information content (AvgIpc) is 3.42. The van der Waals surface area contributed by atoms with Crippen molar-refractivity contribution < 1.29 is 24.2 Å². The van der Waals surface area contributed by atoms with Gasteiger partial charge < -0.3 is 25.4 Å². The number of carbonyl (C=O) groups excluding carboxylic acids is 3. The summed E-state index contributed by atoms with van der Waals surface area (Å²) in [6, 6.07) is 23.3. The Balaban J connectivity index is 1.54. The summed E-state index contributed by atoms with van der Waals surface area (Å²) >= 11 is 0. The molecule has 1 heterocycles. The fourth-order valence-electron chi connectivity index (χ4n) is 5.25. The minimum atomic E-state index is -0.981. The molecule has 1 aliphatic heterocycles. The maximum Gasteiger partial charge on any atom is 0.251 e. The number of ether oxygens (including phenoxy) is 1. The second-order valence-corrected chi connectivity index (χ2v) is 12.9. The molecule has 1 fully saturated rings. The van der Waals surface area contributed by atoms with Crippen LogP contribution >= 0.6 is 0 Å². The van der Waals surface area contributed by atoms with E-state index in [1.165, 1.54) is 0 Å². The predicted molar refractivity (Wildman–Crippen MR) is 173 cm³/mol. The van der Waals surface area contributed by atoms with Crippen LogP contribution in [0.4, 0.5) is 5.69 Å². The van der Waals surface area contributed by atoms with Crippen LogP contribution in [0.15, 0.2) is 78.9 Å². The highest BCUT2D eigenvalue weighted by atomic mass is 16.5. The number of anilines is 1. The number of nitrogens with one attached hydrogen (secondary N) is 2. The molecule has 3 atom stereocenters. The Morgan fingerprint density at radius 1 is 0.977 bits per heavy atom. The van der Waals surface area contributed by atoms with E-state index in [1.54, 1.807) is 30.0 Å². The summed E-state index contributed by atoms with van der Waals surface area (Å²) in [4.78, 5) is 40.9. The minimum Gasteiger partial charge on any atom is -0.457 e. The first kappa shape index (κ1) is 32.7. The van der Waals surface area contributed by atoms with Crippen molar-refractivity contribution in [3.63, 3.8) is 0 Å². The predicted octanol–water partition coefficient (Wildman–Crippen LogP) is 5.89. The summed E-state index contributed by atoms with van der Waals surface area (Å²) in [6.45, 7) is 9.30. The van der Waals surface area contributed by atoms with Gasteiger partial charge in [0.2, 0.25) is 11.8 Å². The Morgan fingerprint density at radius 2 is 1.66 bits per heavy atom. The van der Waals surface area contributed by atoms with Gasteiger partial charge in [0, 0.05) is 42.7 Å². The molecule has 0 radical (unpaired) electrons. The molecule has 3 amide bonds. The van der Waals surface area contributed by atoms with Crippen molar-refractivity contribution >= 4 is 23.4 Å². The average molecular weight is 600 g/mol. The molecule has 0 saturated carbocycles. The minimum absolute atomic E-state index is 0.000333. The maximum absolute atomic E-state index is 13.8. The van der Waals surface area contributed by atoms with Gasteiger partial charge in [-0.2, -0.15) is 0 Å². The van der Waals surface area contributed by atoms with Crippen LogP contribution in [-0.2, 0) is 16.0 Å². The summed E-state index contributed by atoms with van der Waals surface area (Å²) in [5.41, 5.74) is 1.95. The molecule has 4 rings (SSSR count). The van der Waals surface area contributed by atoms with Crippen molar-refractivity contribution in [2.24, 2.45) is 11.3 Å². The molecule has 0 bridgehead atoms. The largest absolute Gasteiger partial charge is 0.457 e. The van der Waals surface area contributed by atoms with Crippen LogP contribution in [0, 0.1) is 11.3 Å². The van der Waals surface area contributed by atoms with Crippen LogP contribution in [0.1, 0.15) is 69.3 Å². The van der Waals surface area contributed by atoms with Crippen LogP contribution in [-0.4, -0.2) is 48.1 Å². The van der Waals surface area contributed by atoms with Gasteiger partial charge in [-0.1, -0.05) is 76.2 Å². The Bertz CT molecular complexity index is 1400. The van der Waals surface area contributed by atoms with Gasteiger partial charge in [0.1, 0.15) is 11.5 Å². The first-order valence-electron chi connectivity index (χ1n) is 15.5. The number of hydrogen-bond acceptors (Lipinski definition) is 5. The number of carbonyl (C=O) groups is 3. The Labute approximate surface area is 260 Å². The van der Waals surface area contributed by atoms with Crippen LogP contribution in [0.5, 0.6) is 11.5 Å². The van der Waals surface area contributed by atoms with Crippen molar-refractivity contribution in [3.8, 4) is 11.5 Å². The normalized spacial score (nSPS) is 15.4. The Hall–Kier alpha value is -4.17. The SMILES string of the molecule is C[C@H](C[C@H](O)[C@H](Cc1ccccc1)NC(=O)c1cc(Oc2ccccc2)cc(N2CCCC2=O)c1)C(=O)NCCC(C)(C)C. The quantitative estimate of drug-likeness (QED) is 0.227. The molecule has 0 spiro atoms. The van der Waals surface area contributed by atoms with Gasteiger partial charge in [0.25, 0.3) is 5.91 Å². The van der Waals surface area contributed by atoms with E-state index < -0.39 is 24.0 Å². The van der Waals surface area contributed by atoms with Gasteiger partial charge in [-0.05, 0) is 60.9 Å². The summed E-state index contributed by atoms with van der Waals surface area (Å²) < 4.78 is 6.07. The van der Waals surface area contributed by atoms with E-state index >= 15 is 0 Å². The van der Waals surface area contributed by atoms with Crippen LogP contribution in [0.2, 0.25) is 0 Å². The third-order valence-electron chi connectivity index (χ3n) is 7.81.